The topological polar surface area (TPSA) is 54.5 Å². The molecule has 22 heavy (non-hydrogen) atoms. The molecular formula is C17H21N3O2. The zero-order valence-electron chi connectivity index (χ0n) is 13.0. The highest BCUT2D eigenvalue weighted by molar-refractivity contribution is 5.88. The van der Waals surface area contributed by atoms with Crippen LogP contribution >= 0.6 is 0 Å². The Hall–Kier alpha value is -2.40. The summed E-state index contributed by atoms with van der Waals surface area (Å²) in [4.78, 5) is 17.8. The Bertz CT molecular complexity index is 602. The number of aromatic nitrogens is 1. The van der Waals surface area contributed by atoms with Gasteiger partial charge in [0.25, 0.3) is 0 Å². The van der Waals surface area contributed by atoms with Crippen LogP contribution in [-0.4, -0.2) is 36.1 Å². The van der Waals surface area contributed by atoms with Crippen LogP contribution in [0.1, 0.15) is 11.1 Å². The Morgan fingerprint density at radius 1 is 1.23 bits per heavy atom. The van der Waals surface area contributed by atoms with Crippen LogP contribution in [0, 0.1) is 6.92 Å². The van der Waals surface area contributed by atoms with Crippen LogP contribution in [0.3, 0.4) is 0 Å². The van der Waals surface area contributed by atoms with E-state index in [1.54, 1.807) is 18.1 Å². The van der Waals surface area contributed by atoms with Crippen LogP contribution < -0.4 is 5.32 Å². The molecule has 2 amide bonds. The normalized spacial score (nSPS) is 10.3. The third-order valence-corrected chi connectivity index (χ3v) is 3.26. The van der Waals surface area contributed by atoms with Crippen molar-refractivity contribution in [3.8, 4) is 0 Å². The van der Waals surface area contributed by atoms with Crippen molar-refractivity contribution in [2.75, 3.05) is 25.5 Å². The van der Waals surface area contributed by atoms with Crippen LogP contribution in [0.4, 0.5) is 10.6 Å². The molecule has 0 bridgehead atoms. The Labute approximate surface area is 130 Å². The van der Waals surface area contributed by atoms with Gasteiger partial charge in [0.1, 0.15) is 5.82 Å². The zero-order valence-corrected chi connectivity index (χ0v) is 13.0. The lowest BCUT2D eigenvalue weighted by Gasteiger charge is -2.18. The molecule has 0 aliphatic heterocycles. The summed E-state index contributed by atoms with van der Waals surface area (Å²) in [5.41, 5.74) is 2.06. The maximum Gasteiger partial charge on any atom is 0.322 e. The van der Waals surface area contributed by atoms with Gasteiger partial charge in [-0.25, -0.2) is 9.78 Å². The summed E-state index contributed by atoms with van der Waals surface area (Å²) in [6.45, 7) is 3.46. The molecule has 1 aromatic heterocycles. The second-order valence-corrected chi connectivity index (χ2v) is 5.06. The summed E-state index contributed by atoms with van der Waals surface area (Å²) >= 11 is 0. The molecule has 2 rings (SSSR count). The molecule has 1 heterocycles. The van der Waals surface area contributed by atoms with E-state index in [-0.39, 0.29) is 6.03 Å². The molecule has 5 nitrogen and oxygen atoms in total. The van der Waals surface area contributed by atoms with Crippen molar-refractivity contribution < 1.29 is 9.53 Å². The SMILES string of the molecule is Cc1cccnc1NC(=O)N(C)CCOCc1ccccc1. The number of rotatable bonds is 6. The Kier molecular flexibility index (Phi) is 5.91. The van der Waals surface area contributed by atoms with E-state index in [1.165, 1.54) is 0 Å². The van der Waals surface area contributed by atoms with Crippen molar-refractivity contribution in [1.29, 1.82) is 0 Å². The molecule has 0 saturated carbocycles. The number of nitrogens with one attached hydrogen (secondary N) is 1. The fraction of sp³-hybridized carbons (Fsp3) is 0.294. The number of amides is 2. The third kappa shape index (κ3) is 4.86. The average molecular weight is 299 g/mol. The largest absolute Gasteiger partial charge is 0.375 e. The summed E-state index contributed by atoms with van der Waals surface area (Å²) in [5.74, 6) is 0.588. The molecular weight excluding hydrogens is 278 g/mol. The summed E-state index contributed by atoms with van der Waals surface area (Å²) in [5, 5.41) is 2.79. The molecule has 1 aromatic carbocycles. The number of pyridine rings is 1. The van der Waals surface area contributed by atoms with Gasteiger partial charge in [-0.3, -0.25) is 5.32 Å². The van der Waals surface area contributed by atoms with Gasteiger partial charge in [-0.05, 0) is 24.1 Å². The van der Waals surface area contributed by atoms with E-state index < -0.39 is 0 Å². The Balaban J connectivity index is 1.71. The number of hydrogen-bond donors (Lipinski definition) is 1. The predicted octanol–water partition coefficient (Wildman–Crippen LogP) is 3.07. The number of nitrogens with zero attached hydrogens (tertiary/aromatic N) is 2. The molecule has 116 valence electrons. The van der Waals surface area contributed by atoms with Crippen molar-refractivity contribution in [2.45, 2.75) is 13.5 Å². The standard InChI is InChI=1S/C17H21N3O2/c1-14-7-6-10-18-16(14)19-17(21)20(2)11-12-22-13-15-8-4-3-5-9-15/h3-10H,11-13H2,1-2H3,(H,18,19,21). The predicted molar refractivity (Wildman–Crippen MR) is 86.7 cm³/mol. The second kappa shape index (κ2) is 8.14. The number of urea groups is 1. The van der Waals surface area contributed by atoms with Crippen LogP contribution in [-0.2, 0) is 11.3 Å². The fourth-order valence-electron chi connectivity index (χ4n) is 1.88. The fourth-order valence-corrected chi connectivity index (χ4v) is 1.88. The van der Waals surface area contributed by atoms with Crippen LogP contribution in [0.5, 0.6) is 0 Å². The van der Waals surface area contributed by atoms with Gasteiger partial charge in [0, 0.05) is 19.8 Å². The van der Waals surface area contributed by atoms with Crippen molar-refractivity contribution in [2.24, 2.45) is 0 Å². The summed E-state index contributed by atoms with van der Waals surface area (Å²) in [6.07, 6.45) is 1.66. The highest BCUT2D eigenvalue weighted by Crippen LogP contribution is 2.09. The Morgan fingerprint density at radius 2 is 2.00 bits per heavy atom. The molecule has 0 atom stereocenters. The van der Waals surface area contributed by atoms with Crippen molar-refractivity contribution >= 4 is 11.8 Å². The summed E-state index contributed by atoms with van der Waals surface area (Å²) < 4.78 is 5.58. The van der Waals surface area contributed by atoms with Gasteiger partial charge in [0.15, 0.2) is 0 Å². The number of anilines is 1. The first-order valence-corrected chi connectivity index (χ1v) is 7.22. The first-order valence-electron chi connectivity index (χ1n) is 7.22. The molecule has 0 radical (unpaired) electrons. The van der Waals surface area contributed by atoms with Gasteiger partial charge in [-0.1, -0.05) is 36.4 Å². The number of hydrogen-bond acceptors (Lipinski definition) is 3. The van der Waals surface area contributed by atoms with Gasteiger partial charge in [0.2, 0.25) is 0 Å². The maximum atomic E-state index is 12.0. The molecule has 0 saturated heterocycles. The molecule has 1 N–H and O–H groups in total. The number of benzene rings is 1. The lowest BCUT2D eigenvalue weighted by Crippen LogP contribution is -2.34. The van der Waals surface area contributed by atoms with Gasteiger partial charge in [0.05, 0.1) is 13.2 Å². The summed E-state index contributed by atoms with van der Waals surface area (Å²) in [6, 6.07) is 13.5. The lowest BCUT2D eigenvalue weighted by atomic mass is 10.2. The van der Waals surface area contributed by atoms with Crippen molar-refractivity contribution in [3.05, 3.63) is 59.8 Å². The minimum absolute atomic E-state index is 0.190. The minimum atomic E-state index is -0.190. The average Bonchev–Trinajstić information content (AvgIpc) is 2.54. The van der Waals surface area contributed by atoms with E-state index in [1.807, 2.05) is 49.4 Å². The molecule has 0 unspecified atom stereocenters. The van der Waals surface area contributed by atoms with Crippen LogP contribution in [0.15, 0.2) is 48.7 Å². The van der Waals surface area contributed by atoms with Gasteiger partial charge in [-0.15, -0.1) is 0 Å². The van der Waals surface area contributed by atoms with Crippen LogP contribution in [0.2, 0.25) is 0 Å². The van der Waals surface area contributed by atoms with E-state index in [0.717, 1.165) is 11.1 Å². The first-order chi connectivity index (χ1) is 10.7. The van der Waals surface area contributed by atoms with Gasteiger partial charge >= 0.3 is 6.03 Å². The number of carbonyl (C=O) groups is 1. The summed E-state index contributed by atoms with van der Waals surface area (Å²) in [7, 11) is 1.74. The van der Waals surface area contributed by atoms with E-state index in [0.29, 0.717) is 25.6 Å². The highest BCUT2D eigenvalue weighted by atomic mass is 16.5. The lowest BCUT2D eigenvalue weighted by molar-refractivity contribution is 0.106. The number of likely N-dealkylation sites (N-methyl/N-ethyl adjacent to an activating group) is 1. The molecule has 0 aliphatic rings. The van der Waals surface area contributed by atoms with E-state index in [4.69, 9.17) is 4.74 Å². The second-order valence-electron chi connectivity index (χ2n) is 5.06. The molecule has 0 spiro atoms. The molecule has 0 fully saturated rings. The van der Waals surface area contributed by atoms with E-state index >= 15 is 0 Å². The quantitative estimate of drug-likeness (QED) is 0.834. The minimum Gasteiger partial charge on any atom is -0.375 e. The zero-order chi connectivity index (χ0) is 15.8. The Morgan fingerprint density at radius 3 is 2.73 bits per heavy atom. The number of aryl methyl sites for hydroxylation is 1. The van der Waals surface area contributed by atoms with E-state index in [2.05, 4.69) is 10.3 Å². The van der Waals surface area contributed by atoms with Crippen molar-refractivity contribution in [3.63, 3.8) is 0 Å². The smallest absolute Gasteiger partial charge is 0.322 e. The molecule has 5 heteroatoms. The third-order valence-electron chi connectivity index (χ3n) is 3.26. The van der Waals surface area contributed by atoms with Crippen molar-refractivity contribution in [1.82, 2.24) is 9.88 Å². The van der Waals surface area contributed by atoms with E-state index in [9.17, 15) is 4.79 Å². The first kappa shape index (κ1) is 16.0. The molecule has 2 aromatic rings. The number of carbonyl (C=O) groups excluding carboxylic acids is 1. The van der Waals surface area contributed by atoms with Crippen LogP contribution in [0.25, 0.3) is 0 Å². The van der Waals surface area contributed by atoms with Gasteiger partial charge < -0.3 is 9.64 Å². The molecule has 0 aliphatic carbocycles. The maximum absolute atomic E-state index is 12.0. The monoisotopic (exact) mass is 299 g/mol. The number of ether oxygens (including phenoxy) is 1. The highest BCUT2D eigenvalue weighted by Gasteiger charge is 2.10. The van der Waals surface area contributed by atoms with Gasteiger partial charge in [-0.2, -0.15) is 0 Å².